The molecule has 1 rings (SSSR count). The quantitative estimate of drug-likeness (QED) is 0.748. The van der Waals surface area contributed by atoms with Gasteiger partial charge in [0.1, 0.15) is 9.84 Å². The lowest BCUT2D eigenvalue weighted by molar-refractivity contribution is 0.564. The third-order valence-corrected chi connectivity index (χ3v) is 4.28. The highest BCUT2D eigenvalue weighted by atomic mass is 79.9. The van der Waals surface area contributed by atoms with Crippen LogP contribution in [0.2, 0.25) is 0 Å². The standard InChI is InChI=1S/C9H16BrN3O2S/c1-3-8(10)9-7-13(12-11-9)5-4-6-16(2,14)15/h7-8H,3-6H2,1-2H3. The molecule has 16 heavy (non-hydrogen) atoms. The van der Waals surface area contributed by atoms with E-state index in [9.17, 15) is 8.42 Å². The molecular weight excluding hydrogens is 294 g/mol. The number of hydrogen-bond donors (Lipinski definition) is 0. The molecule has 0 fully saturated rings. The van der Waals surface area contributed by atoms with Gasteiger partial charge in [-0.2, -0.15) is 0 Å². The molecule has 0 aromatic carbocycles. The number of hydrogen-bond acceptors (Lipinski definition) is 4. The smallest absolute Gasteiger partial charge is 0.147 e. The molecule has 1 heterocycles. The van der Waals surface area contributed by atoms with E-state index in [1.165, 1.54) is 6.26 Å². The number of aromatic nitrogens is 3. The fraction of sp³-hybridized carbons (Fsp3) is 0.778. The zero-order valence-corrected chi connectivity index (χ0v) is 11.8. The topological polar surface area (TPSA) is 64.8 Å². The Balaban J connectivity index is 2.47. The largest absolute Gasteiger partial charge is 0.252 e. The van der Waals surface area contributed by atoms with Crippen molar-refractivity contribution in [1.29, 1.82) is 0 Å². The maximum Gasteiger partial charge on any atom is 0.147 e. The van der Waals surface area contributed by atoms with Gasteiger partial charge in [0.25, 0.3) is 0 Å². The fourth-order valence-corrected chi connectivity index (χ4v) is 2.13. The molecule has 5 nitrogen and oxygen atoms in total. The molecule has 7 heteroatoms. The molecule has 0 bridgehead atoms. The second-order valence-corrected chi connectivity index (χ2v) is 7.13. The molecule has 0 saturated heterocycles. The van der Waals surface area contributed by atoms with Crippen LogP contribution >= 0.6 is 15.9 Å². The van der Waals surface area contributed by atoms with Crippen LogP contribution in [0, 0.1) is 0 Å². The summed E-state index contributed by atoms with van der Waals surface area (Å²) in [6.45, 7) is 2.64. The number of rotatable bonds is 6. The summed E-state index contributed by atoms with van der Waals surface area (Å²) in [5.41, 5.74) is 0.891. The third kappa shape index (κ3) is 4.61. The van der Waals surface area contributed by atoms with Crippen molar-refractivity contribution in [3.8, 4) is 0 Å². The van der Waals surface area contributed by atoms with E-state index in [0.717, 1.165) is 12.1 Å². The van der Waals surface area contributed by atoms with Gasteiger partial charge in [0.2, 0.25) is 0 Å². The maximum atomic E-state index is 10.9. The molecule has 0 saturated carbocycles. The highest BCUT2D eigenvalue weighted by molar-refractivity contribution is 9.09. The Kier molecular flexibility index (Phi) is 4.91. The van der Waals surface area contributed by atoms with E-state index >= 15 is 0 Å². The first-order chi connectivity index (χ1) is 7.42. The molecule has 0 spiro atoms. The van der Waals surface area contributed by atoms with E-state index < -0.39 is 9.84 Å². The van der Waals surface area contributed by atoms with Crippen LogP contribution in [0.4, 0.5) is 0 Å². The molecule has 1 atom stereocenters. The second-order valence-electron chi connectivity index (χ2n) is 3.77. The lowest BCUT2D eigenvalue weighted by atomic mass is 10.3. The lowest BCUT2D eigenvalue weighted by Crippen LogP contribution is -2.07. The first-order valence-electron chi connectivity index (χ1n) is 5.14. The summed E-state index contributed by atoms with van der Waals surface area (Å²) < 4.78 is 23.5. The van der Waals surface area contributed by atoms with Gasteiger partial charge in [-0.15, -0.1) is 5.10 Å². The van der Waals surface area contributed by atoms with Crippen molar-refractivity contribution in [2.45, 2.75) is 31.1 Å². The van der Waals surface area contributed by atoms with Crippen molar-refractivity contribution >= 4 is 25.8 Å². The van der Waals surface area contributed by atoms with Gasteiger partial charge in [-0.25, -0.2) is 8.42 Å². The predicted octanol–water partition coefficient (Wildman–Crippen LogP) is 1.56. The van der Waals surface area contributed by atoms with E-state index in [1.54, 1.807) is 4.68 Å². The Morgan fingerprint density at radius 3 is 2.81 bits per heavy atom. The first kappa shape index (κ1) is 13.6. The number of aryl methyl sites for hydroxylation is 1. The van der Waals surface area contributed by atoms with Gasteiger partial charge >= 0.3 is 0 Å². The molecule has 0 N–H and O–H groups in total. The third-order valence-electron chi connectivity index (χ3n) is 2.14. The van der Waals surface area contributed by atoms with Crippen molar-refractivity contribution in [3.05, 3.63) is 11.9 Å². The molecule has 0 aliphatic heterocycles. The summed E-state index contributed by atoms with van der Waals surface area (Å²) in [6, 6.07) is 0. The Morgan fingerprint density at radius 1 is 1.56 bits per heavy atom. The van der Waals surface area contributed by atoms with Crippen LogP contribution in [0.1, 0.15) is 30.3 Å². The minimum Gasteiger partial charge on any atom is -0.252 e. The van der Waals surface area contributed by atoms with Crippen molar-refractivity contribution in [1.82, 2.24) is 15.0 Å². The SMILES string of the molecule is CCC(Br)c1cn(CCCS(C)(=O)=O)nn1. The van der Waals surface area contributed by atoms with Crippen molar-refractivity contribution in [2.24, 2.45) is 0 Å². The molecule has 92 valence electrons. The van der Waals surface area contributed by atoms with E-state index in [1.807, 2.05) is 6.20 Å². The second kappa shape index (κ2) is 5.77. The van der Waals surface area contributed by atoms with E-state index in [-0.39, 0.29) is 10.6 Å². The Bertz CT molecular complexity index is 430. The number of nitrogens with zero attached hydrogens (tertiary/aromatic N) is 3. The van der Waals surface area contributed by atoms with Crippen LogP contribution in [-0.4, -0.2) is 35.4 Å². The predicted molar refractivity (Wildman–Crippen MR) is 66.3 cm³/mol. The summed E-state index contributed by atoms with van der Waals surface area (Å²) in [5.74, 6) is 0.188. The summed E-state index contributed by atoms with van der Waals surface area (Å²) in [5, 5.41) is 7.97. The monoisotopic (exact) mass is 309 g/mol. The average molecular weight is 310 g/mol. The highest BCUT2D eigenvalue weighted by Gasteiger charge is 2.09. The summed E-state index contributed by atoms with van der Waals surface area (Å²) in [4.78, 5) is 0.219. The minimum atomic E-state index is -2.88. The zero-order valence-electron chi connectivity index (χ0n) is 9.43. The molecule has 1 aromatic heterocycles. The fourth-order valence-electron chi connectivity index (χ4n) is 1.26. The maximum absolute atomic E-state index is 10.9. The average Bonchev–Trinajstić information content (AvgIpc) is 2.63. The van der Waals surface area contributed by atoms with Crippen LogP contribution in [-0.2, 0) is 16.4 Å². The van der Waals surface area contributed by atoms with Gasteiger partial charge in [0.05, 0.1) is 16.3 Å². The number of halogens is 1. The van der Waals surface area contributed by atoms with Crippen molar-refractivity contribution < 1.29 is 8.42 Å². The molecule has 0 aliphatic rings. The van der Waals surface area contributed by atoms with Crippen LogP contribution in [0.15, 0.2) is 6.20 Å². The van der Waals surface area contributed by atoms with Crippen LogP contribution < -0.4 is 0 Å². The zero-order chi connectivity index (χ0) is 12.2. The van der Waals surface area contributed by atoms with Crippen LogP contribution in [0.5, 0.6) is 0 Å². The summed E-state index contributed by atoms with van der Waals surface area (Å²) in [7, 11) is -2.88. The molecule has 0 radical (unpaired) electrons. The normalized spacial score (nSPS) is 13.9. The molecule has 1 unspecified atom stereocenters. The minimum absolute atomic E-state index is 0.188. The highest BCUT2D eigenvalue weighted by Crippen LogP contribution is 2.23. The molecule has 1 aromatic rings. The molecule has 0 aliphatic carbocycles. The molecular formula is C9H16BrN3O2S. The summed E-state index contributed by atoms with van der Waals surface area (Å²) in [6.07, 6.45) is 4.61. The first-order valence-corrected chi connectivity index (χ1v) is 8.12. The Hall–Kier alpha value is -0.430. The van der Waals surface area contributed by atoms with E-state index in [4.69, 9.17) is 0 Å². The number of sulfone groups is 1. The Morgan fingerprint density at radius 2 is 2.25 bits per heavy atom. The Labute approximate surface area is 104 Å². The van der Waals surface area contributed by atoms with Gasteiger partial charge in [-0.3, -0.25) is 4.68 Å². The molecule has 0 amide bonds. The van der Waals surface area contributed by atoms with Crippen molar-refractivity contribution in [2.75, 3.05) is 12.0 Å². The van der Waals surface area contributed by atoms with Gasteiger partial charge in [0.15, 0.2) is 0 Å². The van der Waals surface area contributed by atoms with Gasteiger partial charge < -0.3 is 0 Å². The van der Waals surface area contributed by atoms with E-state index in [0.29, 0.717) is 13.0 Å². The van der Waals surface area contributed by atoms with Gasteiger partial charge in [-0.05, 0) is 12.8 Å². The van der Waals surface area contributed by atoms with Crippen LogP contribution in [0.25, 0.3) is 0 Å². The van der Waals surface area contributed by atoms with Crippen LogP contribution in [0.3, 0.4) is 0 Å². The van der Waals surface area contributed by atoms with Gasteiger partial charge in [0, 0.05) is 19.0 Å². The van der Waals surface area contributed by atoms with Gasteiger partial charge in [-0.1, -0.05) is 28.1 Å². The lowest BCUT2D eigenvalue weighted by Gasteiger charge is -2.00. The van der Waals surface area contributed by atoms with Crippen molar-refractivity contribution in [3.63, 3.8) is 0 Å². The van der Waals surface area contributed by atoms with E-state index in [2.05, 4.69) is 33.2 Å². The number of alkyl halides is 1. The summed E-state index contributed by atoms with van der Waals surface area (Å²) >= 11 is 3.49.